The molecule has 0 aliphatic carbocycles. The summed E-state index contributed by atoms with van der Waals surface area (Å²) >= 11 is 0. The van der Waals surface area contributed by atoms with Crippen LogP contribution in [0, 0.1) is 17.2 Å². The monoisotopic (exact) mass is 456 g/mol. The minimum atomic E-state index is -1.12. The van der Waals surface area contributed by atoms with E-state index in [9.17, 15) is 9.59 Å². The zero-order chi connectivity index (χ0) is 23.9. The van der Waals surface area contributed by atoms with Gasteiger partial charge in [-0.1, -0.05) is 36.4 Å². The maximum absolute atomic E-state index is 12.9. The number of benzene rings is 1. The summed E-state index contributed by atoms with van der Waals surface area (Å²) in [5.41, 5.74) is 1.63. The Morgan fingerprint density at radius 3 is 2.79 bits per heavy atom. The second-order valence-electron chi connectivity index (χ2n) is 7.63. The van der Waals surface area contributed by atoms with Crippen LogP contribution in [-0.2, 0) is 9.59 Å². The van der Waals surface area contributed by atoms with Crippen molar-refractivity contribution < 1.29 is 9.59 Å². The van der Waals surface area contributed by atoms with Crippen molar-refractivity contribution in [2.45, 2.75) is 6.42 Å². The fourth-order valence-corrected chi connectivity index (χ4v) is 3.53. The summed E-state index contributed by atoms with van der Waals surface area (Å²) in [4.78, 5) is 42.5. The van der Waals surface area contributed by atoms with Crippen LogP contribution in [0.5, 0.6) is 0 Å². The molecule has 10 nitrogen and oxygen atoms in total. The Bertz CT molecular complexity index is 1290. The molecule has 1 aliphatic heterocycles. The van der Waals surface area contributed by atoms with E-state index in [0.717, 1.165) is 23.9 Å². The molecule has 1 aromatic carbocycles. The van der Waals surface area contributed by atoms with Gasteiger partial charge in [-0.3, -0.25) is 24.0 Å². The second kappa shape index (κ2) is 10.4. The highest BCUT2D eigenvalue weighted by atomic mass is 16.2. The number of hydrogen-bond donors (Lipinski definition) is 3. The fraction of sp³-hybridized carbons (Fsp3) is 0.208. The van der Waals surface area contributed by atoms with E-state index in [4.69, 9.17) is 5.41 Å². The van der Waals surface area contributed by atoms with Crippen molar-refractivity contribution in [3.05, 3.63) is 61.1 Å². The predicted molar refractivity (Wildman–Crippen MR) is 131 cm³/mol. The van der Waals surface area contributed by atoms with Crippen molar-refractivity contribution in [2.24, 2.45) is 21.8 Å². The molecule has 0 saturated heterocycles. The molecule has 3 heterocycles. The predicted octanol–water partition coefficient (Wildman–Crippen LogP) is 2.39. The average Bonchev–Trinajstić information content (AvgIpc) is 3.30. The van der Waals surface area contributed by atoms with Gasteiger partial charge in [0.05, 0.1) is 5.69 Å². The number of fused-ring (bicyclic) bond motifs is 1. The van der Waals surface area contributed by atoms with Gasteiger partial charge in [-0.15, -0.1) is 0 Å². The van der Waals surface area contributed by atoms with Crippen LogP contribution in [0.15, 0.2) is 71.1 Å². The lowest BCUT2D eigenvalue weighted by molar-refractivity contribution is -0.122. The zero-order valence-corrected chi connectivity index (χ0v) is 18.5. The van der Waals surface area contributed by atoms with Gasteiger partial charge in [0.15, 0.2) is 0 Å². The number of hydrogen-bond acceptors (Lipinski definition) is 7. The molecule has 172 valence electrons. The van der Waals surface area contributed by atoms with Crippen molar-refractivity contribution in [3.8, 4) is 11.3 Å². The Hall–Kier alpha value is -4.47. The Kier molecular flexibility index (Phi) is 6.97. The van der Waals surface area contributed by atoms with Gasteiger partial charge in [0.25, 0.3) is 5.91 Å². The lowest BCUT2D eigenvalue weighted by atomic mass is 10.0. The number of imidazole rings is 1. The molecule has 10 heteroatoms. The molecule has 2 aromatic heterocycles. The topological polar surface area (TPSA) is 137 Å². The minimum Gasteiger partial charge on any atom is -0.355 e. The Balaban J connectivity index is 1.45. The van der Waals surface area contributed by atoms with Crippen molar-refractivity contribution in [1.82, 2.24) is 19.7 Å². The van der Waals surface area contributed by atoms with E-state index in [1.807, 2.05) is 42.6 Å². The summed E-state index contributed by atoms with van der Waals surface area (Å²) < 4.78 is 1.76. The van der Waals surface area contributed by atoms with Gasteiger partial charge in [-0.2, -0.15) is 4.98 Å². The Labute approximate surface area is 196 Å². The van der Waals surface area contributed by atoms with Crippen molar-refractivity contribution in [1.29, 1.82) is 5.41 Å². The van der Waals surface area contributed by atoms with Crippen molar-refractivity contribution >= 4 is 41.6 Å². The van der Waals surface area contributed by atoms with E-state index in [0.29, 0.717) is 12.3 Å². The maximum atomic E-state index is 12.9. The van der Waals surface area contributed by atoms with Crippen LogP contribution in [0.1, 0.15) is 6.42 Å². The number of nitrogens with one attached hydrogen (secondary N) is 3. The largest absolute Gasteiger partial charge is 0.355 e. The van der Waals surface area contributed by atoms with Crippen LogP contribution in [0.2, 0.25) is 0 Å². The van der Waals surface area contributed by atoms with Gasteiger partial charge in [0.2, 0.25) is 11.7 Å². The highest BCUT2D eigenvalue weighted by Crippen LogP contribution is 2.19. The molecule has 2 unspecified atom stereocenters. The van der Waals surface area contributed by atoms with Gasteiger partial charge in [-0.25, -0.2) is 4.98 Å². The molecule has 4 rings (SSSR count). The smallest absolute Gasteiger partial charge is 0.271 e. The van der Waals surface area contributed by atoms with Crippen molar-refractivity contribution in [2.75, 3.05) is 18.9 Å². The molecular weight excluding hydrogens is 432 g/mol. The fourth-order valence-electron chi connectivity index (χ4n) is 3.53. The van der Waals surface area contributed by atoms with E-state index in [2.05, 4.69) is 30.6 Å². The standard InChI is InChI=1S/C24H24N8O2/c1-26-21(18(13-25)22(33)28-14-16-7-10-27-11-8-16)23(34)30-20-9-12-32-15-19(29-24(32)31-20)17-5-3-2-4-6-17/h2-7,9-13,15-16,18,25H,8,14H2,1H3,(H,28,33)(H,29,30,31,34). The summed E-state index contributed by atoms with van der Waals surface area (Å²) in [5, 5.41) is 13.2. The van der Waals surface area contributed by atoms with Crippen molar-refractivity contribution in [3.63, 3.8) is 0 Å². The average molecular weight is 457 g/mol. The van der Waals surface area contributed by atoms with Gasteiger partial charge in [0.1, 0.15) is 17.4 Å². The van der Waals surface area contributed by atoms with Gasteiger partial charge in [0, 0.05) is 56.1 Å². The molecule has 0 spiro atoms. The summed E-state index contributed by atoms with van der Waals surface area (Å²) in [7, 11) is 1.41. The SMILES string of the molecule is CN=C(C(=O)Nc1ccn2cc(-c3ccccc3)nc2n1)C(C=N)C(=O)NCC1C=CN=CC1. The van der Waals surface area contributed by atoms with Crippen LogP contribution in [0.25, 0.3) is 17.0 Å². The van der Waals surface area contributed by atoms with Crippen LogP contribution in [-0.4, -0.2) is 57.9 Å². The van der Waals surface area contributed by atoms with Crippen LogP contribution < -0.4 is 10.6 Å². The third kappa shape index (κ3) is 5.12. The highest BCUT2D eigenvalue weighted by Gasteiger charge is 2.28. The minimum absolute atomic E-state index is 0.0803. The number of aliphatic imine (C=N–C) groups is 2. The van der Waals surface area contributed by atoms with Gasteiger partial charge in [-0.05, 0) is 12.5 Å². The van der Waals surface area contributed by atoms with E-state index < -0.39 is 17.7 Å². The molecule has 0 radical (unpaired) electrons. The first-order chi connectivity index (χ1) is 16.6. The molecule has 0 fully saturated rings. The molecule has 0 bridgehead atoms. The number of carbonyl (C=O) groups excluding carboxylic acids is 2. The Morgan fingerprint density at radius 1 is 1.26 bits per heavy atom. The molecule has 2 atom stereocenters. The molecule has 2 amide bonds. The lowest BCUT2D eigenvalue weighted by Crippen LogP contribution is -2.42. The molecular formula is C24H24N8O2. The summed E-state index contributed by atoms with van der Waals surface area (Å²) in [6, 6.07) is 11.3. The molecule has 3 aromatic rings. The van der Waals surface area contributed by atoms with E-state index >= 15 is 0 Å². The molecule has 1 aliphatic rings. The van der Waals surface area contributed by atoms with Crippen LogP contribution in [0.3, 0.4) is 0 Å². The number of rotatable bonds is 8. The van der Waals surface area contributed by atoms with Gasteiger partial charge < -0.3 is 16.0 Å². The Morgan fingerprint density at radius 2 is 2.09 bits per heavy atom. The van der Waals surface area contributed by atoms with Gasteiger partial charge >= 0.3 is 0 Å². The van der Waals surface area contributed by atoms with Crippen LogP contribution in [0.4, 0.5) is 5.82 Å². The normalized spacial score (nSPS) is 16.3. The van der Waals surface area contributed by atoms with Crippen LogP contribution >= 0.6 is 0 Å². The highest BCUT2D eigenvalue weighted by molar-refractivity contribution is 6.49. The second-order valence-corrected chi connectivity index (χ2v) is 7.63. The number of anilines is 1. The maximum Gasteiger partial charge on any atom is 0.271 e. The summed E-state index contributed by atoms with van der Waals surface area (Å²) in [6.07, 6.45) is 10.6. The molecule has 0 saturated carbocycles. The number of nitrogens with zero attached hydrogens (tertiary/aromatic N) is 5. The quantitative estimate of drug-likeness (QED) is 0.448. The number of amides is 2. The summed E-state index contributed by atoms with van der Waals surface area (Å²) in [5.74, 6) is -1.40. The molecule has 34 heavy (non-hydrogen) atoms. The number of carbonyl (C=O) groups is 2. The summed E-state index contributed by atoms with van der Waals surface area (Å²) in [6.45, 7) is 0.381. The number of aromatic nitrogens is 3. The van der Waals surface area contributed by atoms with E-state index in [1.165, 1.54) is 7.05 Å². The first-order valence-corrected chi connectivity index (χ1v) is 10.7. The lowest BCUT2D eigenvalue weighted by Gasteiger charge is -2.17. The molecule has 3 N–H and O–H groups in total. The third-order valence-corrected chi connectivity index (χ3v) is 5.35. The third-order valence-electron chi connectivity index (χ3n) is 5.35. The van der Waals surface area contributed by atoms with E-state index in [-0.39, 0.29) is 17.4 Å². The first-order valence-electron chi connectivity index (χ1n) is 10.7. The first kappa shape index (κ1) is 22.7. The zero-order valence-electron chi connectivity index (χ0n) is 18.5. The van der Waals surface area contributed by atoms with E-state index in [1.54, 1.807) is 29.1 Å².